The Bertz CT molecular complexity index is 652. The van der Waals surface area contributed by atoms with Crippen LogP contribution in [0.25, 0.3) is 0 Å². The SMILES string of the molecule is CC1(C)O[C@H]2O[C@H]([C@@H]3OC[C@@H]3NC(=O)OCc3ccccc3)[C@H](O)[C@H]2O1. The van der Waals surface area contributed by atoms with E-state index in [-0.39, 0.29) is 12.6 Å². The second-order valence-corrected chi connectivity index (χ2v) is 7.17. The predicted octanol–water partition coefficient (Wildman–Crippen LogP) is 0.917. The number of rotatable bonds is 4. The molecule has 3 aliphatic rings. The van der Waals surface area contributed by atoms with Gasteiger partial charge in [-0.15, -0.1) is 0 Å². The van der Waals surface area contributed by atoms with E-state index in [0.29, 0.717) is 6.61 Å². The Morgan fingerprint density at radius 3 is 2.65 bits per heavy atom. The van der Waals surface area contributed by atoms with Crippen molar-refractivity contribution in [1.29, 1.82) is 0 Å². The zero-order valence-electron chi connectivity index (χ0n) is 14.7. The van der Waals surface area contributed by atoms with Crippen molar-refractivity contribution in [3.63, 3.8) is 0 Å². The van der Waals surface area contributed by atoms with Crippen LogP contribution in [0.3, 0.4) is 0 Å². The summed E-state index contributed by atoms with van der Waals surface area (Å²) in [5.41, 5.74) is 0.906. The van der Waals surface area contributed by atoms with Crippen molar-refractivity contribution in [3.05, 3.63) is 35.9 Å². The first-order valence-corrected chi connectivity index (χ1v) is 8.71. The van der Waals surface area contributed by atoms with E-state index in [2.05, 4.69) is 5.32 Å². The first-order valence-electron chi connectivity index (χ1n) is 8.71. The molecule has 1 aromatic rings. The van der Waals surface area contributed by atoms with Crippen LogP contribution in [0, 0.1) is 0 Å². The Morgan fingerprint density at radius 1 is 1.23 bits per heavy atom. The van der Waals surface area contributed by atoms with Crippen molar-refractivity contribution in [1.82, 2.24) is 5.32 Å². The van der Waals surface area contributed by atoms with Crippen LogP contribution in [-0.4, -0.2) is 60.3 Å². The Labute approximate surface area is 151 Å². The fourth-order valence-electron chi connectivity index (χ4n) is 3.46. The molecule has 0 saturated carbocycles. The quantitative estimate of drug-likeness (QED) is 0.819. The number of amides is 1. The van der Waals surface area contributed by atoms with Crippen LogP contribution >= 0.6 is 0 Å². The van der Waals surface area contributed by atoms with Gasteiger partial charge in [0.25, 0.3) is 0 Å². The molecule has 26 heavy (non-hydrogen) atoms. The molecule has 8 heteroatoms. The van der Waals surface area contributed by atoms with Gasteiger partial charge in [0.2, 0.25) is 0 Å². The maximum atomic E-state index is 12.0. The van der Waals surface area contributed by atoms with Crippen molar-refractivity contribution in [3.8, 4) is 0 Å². The van der Waals surface area contributed by atoms with E-state index < -0.39 is 42.6 Å². The number of carbonyl (C=O) groups is 1. The Balaban J connectivity index is 1.28. The summed E-state index contributed by atoms with van der Waals surface area (Å²) in [5.74, 6) is -0.791. The molecule has 2 N–H and O–H groups in total. The first-order chi connectivity index (χ1) is 12.4. The molecule has 1 aromatic carbocycles. The van der Waals surface area contributed by atoms with E-state index in [1.165, 1.54) is 0 Å². The summed E-state index contributed by atoms with van der Waals surface area (Å²) in [6.07, 6.45) is -3.74. The molecule has 1 amide bonds. The third-order valence-corrected chi connectivity index (χ3v) is 4.76. The number of fused-ring (bicyclic) bond motifs is 1. The van der Waals surface area contributed by atoms with Gasteiger partial charge in [-0.3, -0.25) is 0 Å². The lowest BCUT2D eigenvalue weighted by Crippen LogP contribution is -2.62. The van der Waals surface area contributed by atoms with Crippen LogP contribution in [0.4, 0.5) is 4.79 Å². The molecule has 3 aliphatic heterocycles. The van der Waals surface area contributed by atoms with Gasteiger partial charge in [0, 0.05) is 0 Å². The van der Waals surface area contributed by atoms with Gasteiger partial charge >= 0.3 is 6.09 Å². The highest BCUT2D eigenvalue weighted by Gasteiger charge is 2.58. The van der Waals surface area contributed by atoms with Crippen LogP contribution in [-0.2, 0) is 30.3 Å². The van der Waals surface area contributed by atoms with E-state index in [0.717, 1.165) is 5.56 Å². The minimum Gasteiger partial charge on any atom is -0.445 e. The molecule has 0 aliphatic carbocycles. The third kappa shape index (κ3) is 3.43. The Kier molecular flexibility index (Phi) is 4.62. The summed E-state index contributed by atoms with van der Waals surface area (Å²) < 4.78 is 27.8. The van der Waals surface area contributed by atoms with Crippen LogP contribution < -0.4 is 5.32 Å². The van der Waals surface area contributed by atoms with E-state index in [4.69, 9.17) is 23.7 Å². The fraction of sp³-hybridized carbons (Fsp3) is 0.611. The molecule has 0 bridgehead atoms. The lowest BCUT2D eigenvalue weighted by molar-refractivity contribution is -0.246. The number of nitrogens with one attached hydrogen (secondary N) is 1. The number of aliphatic hydroxyl groups is 1. The second-order valence-electron chi connectivity index (χ2n) is 7.17. The second kappa shape index (κ2) is 6.79. The van der Waals surface area contributed by atoms with Gasteiger partial charge in [-0.25, -0.2) is 4.79 Å². The number of carbonyl (C=O) groups excluding carboxylic acids is 1. The van der Waals surface area contributed by atoms with Gasteiger partial charge in [-0.05, 0) is 19.4 Å². The zero-order chi connectivity index (χ0) is 18.3. The number of alkyl carbamates (subject to hydrolysis) is 1. The van der Waals surface area contributed by atoms with Gasteiger partial charge in [0.1, 0.15) is 31.0 Å². The summed E-state index contributed by atoms with van der Waals surface area (Å²) in [5, 5.41) is 13.2. The summed E-state index contributed by atoms with van der Waals surface area (Å²) in [6.45, 7) is 4.06. The van der Waals surface area contributed by atoms with E-state index >= 15 is 0 Å². The van der Waals surface area contributed by atoms with Gasteiger partial charge in [-0.1, -0.05) is 30.3 Å². The van der Waals surface area contributed by atoms with Crippen molar-refractivity contribution in [2.45, 2.75) is 63.0 Å². The topological polar surface area (TPSA) is 95.5 Å². The maximum absolute atomic E-state index is 12.0. The summed E-state index contributed by atoms with van der Waals surface area (Å²) in [6, 6.07) is 9.12. The minimum atomic E-state index is -0.892. The molecule has 6 atom stereocenters. The van der Waals surface area contributed by atoms with Gasteiger partial charge < -0.3 is 34.1 Å². The molecule has 0 aromatic heterocycles. The molecule has 0 radical (unpaired) electrons. The molecular weight excluding hydrogens is 342 g/mol. The number of ether oxygens (including phenoxy) is 5. The monoisotopic (exact) mass is 365 g/mol. The van der Waals surface area contributed by atoms with Gasteiger partial charge in [0.15, 0.2) is 12.1 Å². The lowest BCUT2D eigenvalue weighted by Gasteiger charge is -2.41. The van der Waals surface area contributed by atoms with Crippen LogP contribution in [0.2, 0.25) is 0 Å². The molecule has 3 heterocycles. The van der Waals surface area contributed by atoms with Crippen molar-refractivity contribution in [2.75, 3.05) is 6.61 Å². The minimum absolute atomic E-state index is 0.189. The Morgan fingerprint density at radius 2 is 2.00 bits per heavy atom. The fourth-order valence-corrected chi connectivity index (χ4v) is 3.46. The van der Waals surface area contributed by atoms with E-state index in [1.54, 1.807) is 13.8 Å². The normalized spacial score (nSPS) is 37.7. The number of hydrogen-bond acceptors (Lipinski definition) is 7. The molecule has 3 saturated heterocycles. The molecule has 0 spiro atoms. The van der Waals surface area contributed by atoms with Crippen molar-refractivity contribution >= 4 is 6.09 Å². The summed E-state index contributed by atoms with van der Waals surface area (Å²) in [4.78, 5) is 12.0. The van der Waals surface area contributed by atoms with Crippen LogP contribution in [0.5, 0.6) is 0 Å². The summed E-state index contributed by atoms with van der Waals surface area (Å²) in [7, 11) is 0. The Hall–Kier alpha value is -1.71. The standard InChI is InChI=1S/C18H23NO7/c1-18(2)25-15-12(20)14(24-16(15)26-18)13-11(9-22-13)19-17(21)23-8-10-6-4-3-5-7-10/h3-7,11-16,20H,8-9H2,1-2H3,(H,19,21)/t11-,12-,13+,14-,15+,16+/m0/s1. The third-order valence-electron chi connectivity index (χ3n) is 4.76. The van der Waals surface area contributed by atoms with Crippen LogP contribution in [0.15, 0.2) is 30.3 Å². The average molecular weight is 365 g/mol. The lowest BCUT2D eigenvalue weighted by atomic mass is 9.96. The first kappa shape index (κ1) is 17.7. The zero-order valence-corrected chi connectivity index (χ0v) is 14.7. The molecule has 4 rings (SSSR count). The van der Waals surface area contributed by atoms with Crippen molar-refractivity contribution < 1.29 is 33.6 Å². The number of hydrogen-bond donors (Lipinski definition) is 2. The molecule has 142 valence electrons. The highest BCUT2D eigenvalue weighted by molar-refractivity contribution is 5.67. The smallest absolute Gasteiger partial charge is 0.407 e. The molecular formula is C18H23NO7. The summed E-state index contributed by atoms with van der Waals surface area (Å²) >= 11 is 0. The highest BCUT2D eigenvalue weighted by atomic mass is 16.8. The van der Waals surface area contributed by atoms with Crippen LogP contribution in [0.1, 0.15) is 19.4 Å². The highest BCUT2D eigenvalue weighted by Crippen LogP contribution is 2.40. The molecule has 3 fully saturated rings. The van der Waals surface area contributed by atoms with E-state index in [9.17, 15) is 9.90 Å². The molecule has 0 unspecified atom stereocenters. The number of aliphatic hydroxyl groups excluding tert-OH is 1. The van der Waals surface area contributed by atoms with Crippen molar-refractivity contribution in [2.24, 2.45) is 0 Å². The largest absolute Gasteiger partial charge is 0.445 e. The van der Waals surface area contributed by atoms with Gasteiger partial charge in [0.05, 0.1) is 12.6 Å². The van der Waals surface area contributed by atoms with E-state index in [1.807, 2.05) is 30.3 Å². The number of benzene rings is 1. The average Bonchev–Trinajstić information content (AvgIpc) is 3.04. The maximum Gasteiger partial charge on any atom is 0.407 e. The molecule has 8 nitrogen and oxygen atoms in total. The predicted molar refractivity (Wildman–Crippen MR) is 88.0 cm³/mol. The van der Waals surface area contributed by atoms with Gasteiger partial charge in [-0.2, -0.15) is 0 Å².